The summed E-state index contributed by atoms with van der Waals surface area (Å²) in [6.45, 7) is 1.94. The third-order valence-electron chi connectivity index (χ3n) is 2.65. The molecule has 1 N–H and O–H groups in total. The Hall–Kier alpha value is -2.10. The van der Waals surface area contributed by atoms with Gasteiger partial charge in [0.05, 0.1) is 4.92 Å². The zero-order valence-corrected chi connectivity index (χ0v) is 9.64. The topological polar surface area (TPSA) is 58.9 Å². The lowest BCUT2D eigenvalue weighted by Crippen LogP contribution is -1.97. The highest BCUT2D eigenvalue weighted by Crippen LogP contribution is 2.18. The van der Waals surface area contributed by atoms with Crippen LogP contribution in [0.15, 0.2) is 36.2 Å². The van der Waals surface area contributed by atoms with E-state index in [1.54, 1.807) is 6.08 Å². The molecule has 0 spiro atoms. The number of fused-ring (bicyclic) bond motifs is 1. The van der Waals surface area contributed by atoms with Crippen molar-refractivity contribution in [2.24, 2.45) is 0 Å². The molecule has 0 aliphatic heterocycles. The molecule has 0 aliphatic rings. The van der Waals surface area contributed by atoms with Gasteiger partial charge in [0, 0.05) is 24.2 Å². The number of hydrogen-bond donors (Lipinski definition) is 1. The average molecular weight is 230 g/mol. The monoisotopic (exact) mass is 230 g/mol. The van der Waals surface area contributed by atoms with E-state index in [1.807, 2.05) is 37.4 Å². The predicted molar refractivity (Wildman–Crippen MR) is 68.2 cm³/mol. The molecule has 0 saturated carbocycles. The lowest BCUT2D eigenvalue weighted by molar-refractivity contribution is -0.426. The second kappa shape index (κ2) is 4.82. The van der Waals surface area contributed by atoms with Crippen LogP contribution in [0.5, 0.6) is 0 Å². The third kappa shape index (κ3) is 2.53. The molecule has 0 bridgehead atoms. The Bertz CT molecular complexity index is 570. The van der Waals surface area contributed by atoms with E-state index in [0.717, 1.165) is 22.9 Å². The van der Waals surface area contributed by atoms with E-state index >= 15 is 0 Å². The van der Waals surface area contributed by atoms with Crippen LogP contribution in [0.25, 0.3) is 17.0 Å². The van der Waals surface area contributed by atoms with E-state index in [9.17, 15) is 10.1 Å². The van der Waals surface area contributed by atoms with E-state index in [-0.39, 0.29) is 10.6 Å². The molecule has 17 heavy (non-hydrogen) atoms. The second-order valence-corrected chi connectivity index (χ2v) is 3.97. The van der Waals surface area contributed by atoms with Crippen LogP contribution in [0.2, 0.25) is 0 Å². The van der Waals surface area contributed by atoms with Crippen LogP contribution in [-0.2, 0) is 0 Å². The molecule has 2 rings (SSSR count). The largest absolute Gasteiger partial charge is 0.361 e. The number of H-pyrrole nitrogens is 1. The first-order valence-electron chi connectivity index (χ1n) is 5.63. The molecule has 4 heteroatoms. The normalized spacial score (nSPS) is 11.9. The van der Waals surface area contributed by atoms with Crippen LogP contribution in [0, 0.1) is 10.1 Å². The van der Waals surface area contributed by atoms with Crippen molar-refractivity contribution in [3.63, 3.8) is 0 Å². The number of aromatic amines is 1. The van der Waals surface area contributed by atoms with Gasteiger partial charge in [0.25, 0.3) is 0 Å². The molecule has 1 aromatic carbocycles. The summed E-state index contributed by atoms with van der Waals surface area (Å²) < 4.78 is 0. The van der Waals surface area contributed by atoms with Crippen molar-refractivity contribution in [2.45, 2.75) is 19.8 Å². The van der Waals surface area contributed by atoms with Crippen molar-refractivity contribution in [2.75, 3.05) is 0 Å². The Morgan fingerprint density at radius 1 is 1.47 bits per heavy atom. The van der Waals surface area contributed by atoms with Crippen molar-refractivity contribution in [3.05, 3.63) is 51.8 Å². The van der Waals surface area contributed by atoms with Gasteiger partial charge in [0.15, 0.2) is 0 Å². The molecule has 2 aromatic rings. The summed E-state index contributed by atoms with van der Waals surface area (Å²) in [4.78, 5) is 13.6. The molecule has 0 unspecified atom stereocenters. The summed E-state index contributed by atoms with van der Waals surface area (Å²) >= 11 is 0. The molecule has 0 radical (unpaired) electrons. The Balaban J connectivity index is 2.37. The Morgan fingerprint density at radius 2 is 2.29 bits per heavy atom. The SMILES string of the molecule is CCC/C(=C/c1ccc2cc[nH]c2c1)[N+](=O)[O-]. The van der Waals surface area contributed by atoms with E-state index < -0.39 is 0 Å². The third-order valence-corrected chi connectivity index (χ3v) is 2.65. The maximum absolute atomic E-state index is 10.8. The van der Waals surface area contributed by atoms with Crippen molar-refractivity contribution >= 4 is 17.0 Å². The van der Waals surface area contributed by atoms with Gasteiger partial charge < -0.3 is 4.98 Å². The number of benzene rings is 1. The number of nitrogens with zero attached hydrogens (tertiary/aromatic N) is 1. The molecule has 0 atom stereocenters. The van der Waals surface area contributed by atoms with Gasteiger partial charge in [-0.05, 0) is 29.5 Å². The summed E-state index contributed by atoms with van der Waals surface area (Å²) in [5, 5.41) is 11.9. The van der Waals surface area contributed by atoms with E-state index in [2.05, 4.69) is 4.98 Å². The maximum atomic E-state index is 10.8. The smallest absolute Gasteiger partial charge is 0.246 e. The molecular formula is C13H14N2O2. The predicted octanol–water partition coefficient (Wildman–Crippen LogP) is 3.59. The molecule has 1 heterocycles. The minimum absolute atomic E-state index is 0.262. The highest BCUT2D eigenvalue weighted by Gasteiger charge is 2.09. The lowest BCUT2D eigenvalue weighted by atomic mass is 10.1. The zero-order valence-electron chi connectivity index (χ0n) is 9.64. The van der Waals surface area contributed by atoms with Gasteiger partial charge in [-0.3, -0.25) is 10.1 Å². The molecule has 88 valence electrons. The molecule has 1 aromatic heterocycles. The average Bonchev–Trinajstić information content (AvgIpc) is 2.75. The van der Waals surface area contributed by atoms with Gasteiger partial charge in [0.2, 0.25) is 5.70 Å². The second-order valence-electron chi connectivity index (χ2n) is 3.97. The van der Waals surface area contributed by atoms with E-state index in [0.29, 0.717) is 6.42 Å². The first kappa shape index (κ1) is 11.4. The molecule has 4 nitrogen and oxygen atoms in total. The zero-order chi connectivity index (χ0) is 12.3. The van der Waals surface area contributed by atoms with Gasteiger partial charge in [-0.2, -0.15) is 0 Å². The van der Waals surface area contributed by atoms with Crippen LogP contribution in [0.3, 0.4) is 0 Å². The number of allylic oxidation sites excluding steroid dienone is 1. The summed E-state index contributed by atoms with van der Waals surface area (Å²) in [5.74, 6) is 0. The van der Waals surface area contributed by atoms with Crippen molar-refractivity contribution in [3.8, 4) is 0 Å². The van der Waals surface area contributed by atoms with Crippen LogP contribution < -0.4 is 0 Å². The number of nitro groups is 1. The standard InChI is InChI=1S/C13H14N2O2/c1-2-3-12(15(16)17)8-10-4-5-11-6-7-14-13(11)9-10/h4-9,14H,2-3H2,1H3/b12-8-. The maximum Gasteiger partial charge on any atom is 0.246 e. The Kier molecular flexibility index (Phi) is 3.23. The first-order valence-corrected chi connectivity index (χ1v) is 5.63. The molecular weight excluding hydrogens is 216 g/mol. The highest BCUT2D eigenvalue weighted by molar-refractivity contribution is 5.81. The molecule has 0 fully saturated rings. The Morgan fingerprint density at radius 3 is 3.00 bits per heavy atom. The number of hydrogen-bond acceptors (Lipinski definition) is 2. The number of aromatic nitrogens is 1. The summed E-state index contributed by atoms with van der Waals surface area (Å²) in [7, 11) is 0. The minimum atomic E-state index is -0.303. The van der Waals surface area contributed by atoms with Crippen LogP contribution in [0.4, 0.5) is 0 Å². The van der Waals surface area contributed by atoms with Crippen molar-refractivity contribution in [1.82, 2.24) is 4.98 Å². The van der Waals surface area contributed by atoms with Gasteiger partial charge >= 0.3 is 0 Å². The molecule has 0 amide bonds. The van der Waals surface area contributed by atoms with Gasteiger partial charge in [-0.15, -0.1) is 0 Å². The lowest BCUT2D eigenvalue weighted by Gasteiger charge is -1.98. The molecule has 0 aliphatic carbocycles. The number of rotatable bonds is 4. The molecule has 0 saturated heterocycles. The van der Waals surface area contributed by atoms with Crippen molar-refractivity contribution < 1.29 is 4.92 Å². The van der Waals surface area contributed by atoms with E-state index in [4.69, 9.17) is 0 Å². The summed E-state index contributed by atoms with van der Waals surface area (Å²) in [6, 6.07) is 7.76. The van der Waals surface area contributed by atoms with Crippen LogP contribution in [0.1, 0.15) is 25.3 Å². The van der Waals surface area contributed by atoms with Crippen LogP contribution in [-0.4, -0.2) is 9.91 Å². The summed E-state index contributed by atoms with van der Waals surface area (Å²) in [6.07, 6.45) is 4.77. The van der Waals surface area contributed by atoms with E-state index in [1.165, 1.54) is 0 Å². The quantitative estimate of drug-likeness (QED) is 0.644. The first-order chi connectivity index (χ1) is 8.20. The highest BCUT2D eigenvalue weighted by atomic mass is 16.6. The fourth-order valence-electron chi connectivity index (χ4n) is 1.82. The van der Waals surface area contributed by atoms with Gasteiger partial charge in [0.1, 0.15) is 0 Å². The minimum Gasteiger partial charge on any atom is -0.361 e. The summed E-state index contributed by atoms with van der Waals surface area (Å²) in [5.41, 5.74) is 2.12. The van der Waals surface area contributed by atoms with Crippen LogP contribution >= 0.6 is 0 Å². The van der Waals surface area contributed by atoms with Crippen molar-refractivity contribution in [1.29, 1.82) is 0 Å². The Labute approximate surface area is 99.1 Å². The fourth-order valence-corrected chi connectivity index (χ4v) is 1.82. The number of nitrogens with one attached hydrogen (secondary N) is 1. The van der Waals surface area contributed by atoms with Gasteiger partial charge in [-0.25, -0.2) is 0 Å². The fraction of sp³-hybridized carbons (Fsp3) is 0.231. The van der Waals surface area contributed by atoms with Gasteiger partial charge in [-0.1, -0.05) is 19.1 Å².